The number of nitrogens with zero attached hydrogens (tertiary/aromatic N) is 2. The highest BCUT2D eigenvalue weighted by molar-refractivity contribution is 9.10. The molecule has 2 rings (SSSR count). The number of furan rings is 1. The van der Waals surface area contributed by atoms with Gasteiger partial charge in [-0.15, -0.1) is 0 Å². The predicted molar refractivity (Wildman–Crippen MR) is 66.4 cm³/mol. The molecule has 0 unspecified atom stereocenters. The first-order valence-corrected chi connectivity index (χ1v) is 6.12. The van der Waals surface area contributed by atoms with Gasteiger partial charge in [0.15, 0.2) is 4.67 Å². The Morgan fingerprint density at radius 3 is 2.81 bits per heavy atom. The van der Waals surface area contributed by atoms with Crippen LogP contribution in [0.15, 0.2) is 36.7 Å². The summed E-state index contributed by atoms with van der Waals surface area (Å²) < 4.78 is 8.00. The number of hydrogen-bond donors (Lipinski definition) is 0. The van der Waals surface area contributed by atoms with Crippen molar-refractivity contribution in [2.24, 2.45) is 0 Å². The van der Waals surface area contributed by atoms with Gasteiger partial charge in [0.25, 0.3) is 5.56 Å². The second-order valence-electron chi connectivity index (χ2n) is 3.25. The molecule has 0 amide bonds. The number of rotatable bonds is 2. The van der Waals surface area contributed by atoms with Crippen LogP contribution in [0, 0.1) is 6.92 Å². The fourth-order valence-corrected chi connectivity index (χ4v) is 1.99. The number of aromatic nitrogens is 2. The van der Waals surface area contributed by atoms with Crippen molar-refractivity contribution in [2.75, 3.05) is 0 Å². The van der Waals surface area contributed by atoms with E-state index >= 15 is 0 Å². The average Bonchev–Trinajstić information content (AvgIpc) is 2.65. The maximum absolute atomic E-state index is 11.8. The van der Waals surface area contributed by atoms with E-state index in [0.29, 0.717) is 27.3 Å². The Kier molecular flexibility index (Phi) is 3.30. The van der Waals surface area contributed by atoms with E-state index in [4.69, 9.17) is 4.42 Å². The van der Waals surface area contributed by atoms with Crippen molar-refractivity contribution in [3.05, 3.63) is 49.4 Å². The van der Waals surface area contributed by atoms with E-state index < -0.39 is 0 Å². The van der Waals surface area contributed by atoms with Crippen molar-refractivity contribution in [1.29, 1.82) is 0 Å². The molecule has 0 aliphatic rings. The first-order chi connectivity index (χ1) is 7.58. The van der Waals surface area contributed by atoms with Gasteiger partial charge < -0.3 is 4.42 Å². The van der Waals surface area contributed by atoms with Crippen LogP contribution in [0.1, 0.15) is 11.6 Å². The minimum atomic E-state index is -0.111. The molecule has 0 N–H and O–H groups in total. The van der Waals surface area contributed by atoms with Crippen LogP contribution >= 0.6 is 31.9 Å². The summed E-state index contributed by atoms with van der Waals surface area (Å²) in [5, 5.41) is 0. The first kappa shape index (κ1) is 11.6. The van der Waals surface area contributed by atoms with Crippen LogP contribution in [0.25, 0.3) is 0 Å². The second kappa shape index (κ2) is 4.55. The SMILES string of the molecule is Cc1ncc(Br)c(=O)n1Cc1ccc(Br)o1. The molecule has 16 heavy (non-hydrogen) atoms. The summed E-state index contributed by atoms with van der Waals surface area (Å²) in [4.78, 5) is 15.9. The summed E-state index contributed by atoms with van der Waals surface area (Å²) in [5.74, 6) is 1.36. The largest absolute Gasteiger partial charge is 0.452 e. The Hall–Kier alpha value is -0.880. The molecule has 0 saturated carbocycles. The Labute approximate surface area is 109 Å². The van der Waals surface area contributed by atoms with Crippen LogP contribution in [-0.4, -0.2) is 9.55 Å². The highest BCUT2D eigenvalue weighted by Gasteiger charge is 2.08. The zero-order valence-electron chi connectivity index (χ0n) is 8.41. The van der Waals surface area contributed by atoms with Gasteiger partial charge >= 0.3 is 0 Å². The lowest BCUT2D eigenvalue weighted by Crippen LogP contribution is -2.24. The van der Waals surface area contributed by atoms with Gasteiger partial charge in [-0.2, -0.15) is 0 Å². The van der Waals surface area contributed by atoms with Crippen LogP contribution in [0.5, 0.6) is 0 Å². The third-order valence-corrected chi connectivity index (χ3v) is 3.12. The summed E-state index contributed by atoms with van der Waals surface area (Å²) >= 11 is 6.38. The lowest BCUT2D eigenvalue weighted by Gasteiger charge is -2.06. The second-order valence-corrected chi connectivity index (χ2v) is 4.89. The fraction of sp³-hybridized carbons (Fsp3) is 0.200. The maximum Gasteiger partial charge on any atom is 0.268 e. The monoisotopic (exact) mass is 346 g/mol. The first-order valence-electron chi connectivity index (χ1n) is 4.54. The summed E-state index contributed by atoms with van der Waals surface area (Å²) in [5.41, 5.74) is -0.111. The standard InChI is InChI=1S/C10H8Br2N2O2/c1-6-13-4-8(11)10(15)14(6)5-7-2-3-9(12)16-7/h2-4H,5H2,1H3. The Bertz CT molecular complexity index is 574. The van der Waals surface area contributed by atoms with Gasteiger partial charge in [0.1, 0.15) is 16.1 Å². The van der Waals surface area contributed by atoms with Crippen LogP contribution in [0.3, 0.4) is 0 Å². The van der Waals surface area contributed by atoms with E-state index in [1.807, 2.05) is 6.07 Å². The van der Waals surface area contributed by atoms with E-state index in [9.17, 15) is 4.79 Å². The molecule has 6 heteroatoms. The van der Waals surface area contributed by atoms with Gasteiger partial charge in [0, 0.05) is 6.20 Å². The highest BCUT2D eigenvalue weighted by atomic mass is 79.9. The molecule has 0 aliphatic heterocycles. The van der Waals surface area contributed by atoms with Crippen molar-refractivity contribution >= 4 is 31.9 Å². The molecule has 2 aromatic rings. The zero-order valence-corrected chi connectivity index (χ0v) is 11.6. The minimum absolute atomic E-state index is 0.111. The Balaban J connectivity index is 2.42. The fourth-order valence-electron chi connectivity index (χ4n) is 1.33. The van der Waals surface area contributed by atoms with Crippen molar-refractivity contribution in [1.82, 2.24) is 9.55 Å². The summed E-state index contributed by atoms with van der Waals surface area (Å²) in [6, 6.07) is 3.61. The number of hydrogen-bond acceptors (Lipinski definition) is 3. The van der Waals surface area contributed by atoms with Gasteiger partial charge in [-0.05, 0) is 50.9 Å². The summed E-state index contributed by atoms with van der Waals surface area (Å²) in [6.45, 7) is 2.16. The van der Waals surface area contributed by atoms with Crippen molar-refractivity contribution in [2.45, 2.75) is 13.5 Å². The molecule has 0 aromatic carbocycles. The molecule has 0 bridgehead atoms. The summed E-state index contributed by atoms with van der Waals surface area (Å²) in [6.07, 6.45) is 1.51. The molecular formula is C10H8Br2N2O2. The molecule has 2 heterocycles. The van der Waals surface area contributed by atoms with Crippen molar-refractivity contribution < 1.29 is 4.42 Å². The molecule has 0 saturated heterocycles. The zero-order chi connectivity index (χ0) is 11.7. The van der Waals surface area contributed by atoms with E-state index in [-0.39, 0.29) is 5.56 Å². The Morgan fingerprint density at radius 2 is 2.19 bits per heavy atom. The predicted octanol–water partition coefficient (Wildman–Crippen LogP) is 2.72. The van der Waals surface area contributed by atoms with E-state index in [0.717, 1.165) is 0 Å². The molecular weight excluding hydrogens is 340 g/mol. The van der Waals surface area contributed by atoms with E-state index in [1.54, 1.807) is 17.6 Å². The van der Waals surface area contributed by atoms with Crippen LogP contribution < -0.4 is 5.56 Å². The third-order valence-electron chi connectivity index (χ3n) is 2.15. The van der Waals surface area contributed by atoms with E-state index in [2.05, 4.69) is 36.8 Å². The lowest BCUT2D eigenvalue weighted by molar-refractivity contribution is 0.466. The van der Waals surface area contributed by atoms with Crippen LogP contribution in [-0.2, 0) is 6.54 Å². The molecule has 2 aromatic heterocycles. The quantitative estimate of drug-likeness (QED) is 0.839. The normalized spacial score (nSPS) is 10.7. The molecule has 0 radical (unpaired) electrons. The smallest absolute Gasteiger partial charge is 0.268 e. The molecule has 0 atom stereocenters. The average molecular weight is 348 g/mol. The molecule has 4 nitrogen and oxygen atoms in total. The maximum atomic E-state index is 11.8. The van der Waals surface area contributed by atoms with Crippen LogP contribution in [0.2, 0.25) is 0 Å². The van der Waals surface area contributed by atoms with Crippen molar-refractivity contribution in [3.63, 3.8) is 0 Å². The molecule has 0 aliphatic carbocycles. The van der Waals surface area contributed by atoms with Gasteiger partial charge in [-0.1, -0.05) is 0 Å². The topological polar surface area (TPSA) is 48.0 Å². The van der Waals surface area contributed by atoms with Gasteiger partial charge in [-0.25, -0.2) is 4.98 Å². The molecule has 0 spiro atoms. The lowest BCUT2D eigenvalue weighted by atomic mass is 10.4. The minimum Gasteiger partial charge on any atom is -0.452 e. The van der Waals surface area contributed by atoms with Gasteiger partial charge in [-0.3, -0.25) is 9.36 Å². The Morgan fingerprint density at radius 1 is 1.44 bits per heavy atom. The molecule has 0 fully saturated rings. The highest BCUT2D eigenvalue weighted by Crippen LogP contribution is 2.15. The number of halogens is 2. The van der Waals surface area contributed by atoms with Gasteiger partial charge in [0.2, 0.25) is 0 Å². The number of aryl methyl sites for hydroxylation is 1. The van der Waals surface area contributed by atoms with Crippen molar-refractivity contribution in [3.8, 4) is 0 Å². The van der Waals surface area contributed by atoms with Crippen LogP contribution in [0.4, 0.5) is 0 Å². The summed E-state index contributed by atoms with van der Waals surface area (Å²) in [7, 11) is 0. The van der Waals surface area contributed by atoms with E-state index in [1.165, 1.54) is 6.20 Å². The third kappa shape index (κ3) is 2.27. The van der Waals surface area contributed by atoms with Gasteiger partial charge in [0.05, 0.1) is 6.54 Å². The molecule has 84 valence electrons.